The van der Waals surface area contributed by atoms with E-state index in [0.29, 0.717) is 0 Å². The first-order valence-corrected chi connectivity index (χ1v) is 6.78. The van der Waals surface area contributed by atoms with Crippen LogP contribution in [0.15, 0.2) is 0 Å². The number of hydrogen-bond acceptors (Lipinski definition) is 3. The first kappa shape index (κ1) is 17.5. The third-order valence-electron chi connectivity index (χ3n) is 3.38. The van der Waals surface area contributed by atoms with Crippen molar-refractivity contribution in [3.05, 3.63) is 0 Å². The van der Waals surface area contributed by atoms with E-state index < -0.39 is 31.3 Å². The fraction of sp³-hybridized carbons (Fsp3) is 0.833. The minimum absolute atomic E-state index is 0.0940. The molecule has 1 unspecified atom stereocenters. The lowest BCUT2D eigenvalue weighted by atomic mass is 10.2. The topological polar surface area (TPSA) is 72.9 Å². The summed E-state index contributed by atoms with van der Waals surface area (Å²) < 4.78 is 37.1. The molecule has 0 aliphatic carbocycles. The first-order chi connectivity index (χ1) is 9.73. The Morgan fingerprint density at radius 2 is 2.10 bits per heavy atom. The molecule has 0 saturated carbocycles. The first-order valence-electron chi connectivity index (χ1n) is 6.78. The van der Waals surface area contributed by atoms with Crippen LogP contribution in [0.4, 0.5) is 18.0 Å². The highest BCUT2D eigenvalue weighted by Crippen LogP contribution is 2.17. The van der Waals surface area contributed by atoms with Crippen LogP contribution in [0.2, 0.25) is 0 Å². The van der Waals surface area contributed by atoms with Gasteiger partial charge in [0.15, 0.2) is 0 Å². The number of aliphatic carboxylic acids is 1. The lowest BCUT2D eigenvalue weighted by Gasteiger charge is -2.26. The van der Waals surface area contributed by atoms with Crippen LogP contribution in [0.5, 0.6) is 0 Å². The van der Waals surface area contributed by atoms with Gasteiger partial charge in [0, 0.05) is 12.6 Å². The van der Waals surface area contributed by atoms with Crippen LogP contribution >= 0.6 is 0 Å². The highest BCUT2D eigenvalue weighted by molar-refractivity contribution is 5.80. The molecule has 1 aliphatic rings. The molecule has 0 aromatic rings. The zero-order valence-corrected chi connectivity index (χ0v) is 11.8. The van der Waals surface area contributed by atoms with Gasteiger partial charge < -0.3 is 15.3 Å². The molecule has 6 nitrogen and oxygen atoms in total. The number of halogens is 3. The van der Waals surface area contributed by atoms with Gasteiger partial charge in [0.1, 0.15) is 13.1 Å². The van der Waals surface area contributed by atoms with Crippen LogP contribution in [0.25, 0.3) is 0 Å². The fourth-order valence-electron chi connectivity index (χ4n) is 2.44. The molecule has 1 atom stereocenters. The van der Waals surface area contributed by atoms with Crippen molar-refractivity contribution in [2.45, 2.75) is 32.0 Å². The van der Waals surface area contributed by atoms with Crippen molar-refractivity contribution in [3.63, 3.8) is 0 Å². The Balaban J connectivity index is 2.53. The maximum absolute atomic E-state index is 12.4. The smallest absolute Gasteiger partial charge is 0.406 e. The van der Waals surface area contributed by atoms with E-state index in [4.69, 9.17) is 5.11 Å². The second kappa shape index (κ2) is 7.48. The SMILES string of the molecule is CCN1CCCC1CNC(=O)N(CC(=O)O)CC(F)(F)F. The Bertz CT molecular complexity index is 376. The number of carboxylic acid groups (broad SMARTS) is 1. The van der Waals surface area contributed by atoms with Crippen molar-refractivity contribution in [2.24, 2.45) is 0 Å². The van der Waals surface area contributed by atoms with Gasteiger partial charge in [-0.1, -0.05) is 6.92 Å². The summed E-state index contributed by atoms with van der Waals surface area (Å²) in [6.07, 6.45) is -2.78. The fourth-order valence-corrected chi connectivity index (χ4v) is 2.44. The molecule has 21 heavy (non-hydrogen) atoms. The summed E-state index contributed by atoms with van der Waals surface area (Å²) in [4.78, 5) is 24.7. The highest BCUT2D eigenvalue weighted by atomic mass is 19.4. The summed E-state index contributed by atoms with van der Waals surface area (Å²) in [5.41, 5.74) is 0. The molecule has 1 fully saturated rings. The van der Waals surface area contributed by atoms with Crippen LogP contribution in [-0.4, -0.2) is 71.8 Å². The quantitative estimate of drug-likeness (QED) is 0.771. The Morgan fingerprint density at radius 1 is 1.43 bits per heavy atom. The number of rotatable bonds is 6. The van der Waals surface area contributed by atoms with Gasteiger partial charge in [-0.05, 0) is 25.9 Å². The number of nitrogens with one attached hydrogen (secondary N) is 1. The minimum atomic E-state index is -4.63. The molecule has 0 aromatic carbocycles. The summed E-state index contributed by atoms with van der Waals surface area (Å²) in [7, 11) is 0. The molecule has 1 heterocycles. The molecule has 0 aromatic heterocycles. The summed E-state index contributed by atoms with van der Waals surface area (Å²) in [6.45, 7) is 1.35. The van der Waals surface area contributed by atoms with E-state index in [0.717, 1.165) is 25.9 Å². The molecule has 1 rings (SSSR count). The third kappa shape index (κ3) is 6.19. The van der Waals surface area contributed by atoms with Crippen LogP contribution in [-0.2, 0) is 4.79 Å². The Morgan fingerprint density at radius 3 is 2.62 bits per heavy atom. The zero-order valence-electron chi connectivity index (χ0n) is 11.8. The third-order valence-corrected chi connectivity index (χ3v) is 3.38. The largest absolute Gasteiger partial charge is 0.480 e. The molecule has 2 amide bonds. The number of carbonyl (C=O) groups is 2. The number of carboxylic acids is 1. The maximum Gasteiger partial charge on any atom is 0.406 e. The van der Waals surface area contributed by atoms with E-state index in [1.807, 2.05) is 6.92 Å². The van der Waals surface area contributed by atoms with Crippen molar-refractivity contribution in [3.8, 4) is 0 Å². The number of alkyl halides is 3. The Kier molecular flexibility index (Phi) is 6.25. The van der Waals surface area contributed by atoms with Crippen molar-refractivity contribution < 1.29 is 27.9 Å². The van der Waals surface area contributed by atoms with Gasteiger partial charge in [-0.15, -0.1) is 0 Å². The normalized spacial score (nSPS) is 19.5. The number of carbonyl (C=O) groups excluding carboxylic acids is 1. The molecule has 0 radical (unpaired) electrons. The van der Waals surface area contributed by atoms with E-state index in [9.17, 15) is 22.8 Å². The van der Waals surface area contributed by atoms with E-state index in [2.05, 4.69) is 10.2 Å². The van der Waals surface area contributed by atoms with Crippen molar-refractivity contribution in [2.75, 3.05) is 32.7 Å². The molecule has 2 N–H and O–H groups in total. The van der Waals surface area contributed by atoms with Crippen LogP contribution in [0.3, 0.4) is 0 Å². The lowest BCUT2D eigenvalue weighted by molar-refractivity contribution is -0.148. The van der Waals surface area contributed by atoms with Gasteiger partial charge in [-0.3, -0.25) is 9.69 Å². The number of likely N-dealkylation sites (N-methyl/N-ethyl adjacent to an activating group) is 1. The van der Waals surface area contributed by atoms with Gasteiger partial charge >= 0.3 is 18.2 Å². The second-order valence-electron chi connectivity index (χ2n) is 4.98. The molecular weight excluding hydrogens is 291 g/mol. The molecule has 1 saturated heterocycles. The highest BCUT2D eigenvalue weighted by Gasteiger charge is 2.34. The van der Waals surface area contributed by atoms with E-state index >= 15 is 0 Å². The van der Waals surface area contributed by atoms with Gasteiger partial charge in [0.2, 0.25) is 0 Å². The minimum Gasteiger partial charge on any atom is -0.480 e. The van der Waals surface area contributed by atoms with Crippen molar-refractivity contribution in [1.29, 1.82) is 0 Å². The van der Waals surface area contributed by atoms with Gasteiger partial charge in [0.25, 0.3) is 0 Å². The lowest BCUT2D eigenvalue weighted by Crippen LogP contribution is -2.49. The second-order valence-corrected chi connectivity index (χ2v) is 4.98. The van der Waals surface area contributed by atoms with Crippen LogP contribution < -0.4 is 5.32 Å². The number of amides is 2. The molecule has 0 bridgehead atoms. The number of nitrogens with zero attached hydrogens (tertiary/aromatic N) is 2. The zero-order chi connectivity index (χ0) is 16.0. The predicted molar refractivity (Wildman–Crippen MR) is 68.9 cm³/mol. The molecular formula is C12H20F3N3O3. The molecule has 1 aliphatic heterocycles. The number of hydrogen-bond donors (Lipinski definition) is 2. The van der Waals surface area contributed by atoms with E-state index in [-0.39, 0.29) is 17.5 Å². The number of urea groups is 1. The van der Waals surface area contributed by atoms with E-state index in [1.165, 1.54) is 0 Å². The molecule has 122 valence electrons. The standard InChI is InChI=1S/C12H20F3N3O3/c1-2-17-5-3-4-9(17)6-16-11(21)18(7-10(19)20)8-12(13,14)15/h9H,2-8H2,1H3,(H,16,21)(H,19,20). The molecule has 0 spiro atoms. The summed E-state index contributed by atoms with van der Waals surface area (Å²) in [5.74, 6) is -1.48. The van der Waals surface area contributed by atoms with Gasteiger partial charge in [-0.25, -0.2) is 4.79 Å². The van der Waals surface area contributed by atoms with Gasteiger partial charge in [0.05, 0.1) is 0 Å². The Labute approximate surface area is 120 Å². The van der Waals surface area contributed by atoms with Gasteiger partial charge in [-0.2, -0.15) is 13.2 Å². The van der Waals surface area contributed by atoms with Crippen molar-refractivity contribution >= 4 is 12.0 Å². The average Bonchev–Trinajstić information content (AvgIpc) is 2.80. The van der Waals surface area contributed by atoms with Crippen molar-refractivity contribution in [1.82, 2.24) is 15.1 Å². The molecule has 9 heteroatoms. The van der Waals surface area contributed by atoms with Crippen LogP contribution in [0.1, 0.15) is 19.8 Å². The predicted octanol–water partition coefficient (Wildman–Crippen LogP) is 1.13. The van der Waals surface area contributed by atoms with E-state index in [1.54, 1.807) is 0 Å². The Hall–Kier alpha value is -1.51. The summed E-state index contributed by atoms with van der Waals surface area (Å²) in [5, 5.41) is 11.0. The average molecular weight is 311 g/mol. The van der Waals surface area contributed by atoms with Crippen LogP contribution in [0, 0.1) is 0 Å². The summed E-state index contributed by atoms with van der Waals surface area (Å²) in [6, 6.07) is -0.908. The number of likely N-dealkylation sites (tertiary alicyclic amines) is 1. The monoisotopic (exact) mass is 311 g/mol. The summed E-state index contributed by atoms with van der Waals surface area (Å²) >= 11 is 0. The maximum atomic E-state index is 12.4.